The number of aryl methyl sites for hydroxylation is 1. The lowest BCUT2D eigenvalue weighted by Gasteiger charge is -2.16. The van der Waals surface area contributed by atoms with E-state index in [0.717, 1.165) is 24.1 Å². The molecule has 0 aliphatic heterocycles. The quantitative estimate of drug-likeness (QED) is 0.839. The average molecular weight is 230 g/mol. The minimum absolute atomic E-state index is 0.00394. The van der Waals surface area contributed by atoms with Crippen LogP contribution in [-0.2, 0) is 11.0 Å². The molecule has 0 radical (unpaired) electrons. The molecule has 4 nitrogen and oxygen atoms in total. The Morgan fingerprint density at radius 1 is 1.67 bits per heavy atom. The summed E-state index contributed by atoms with van der Waals surface area (Å²) in [6.07, 6.45) is 3.46. The lowest BCUT2D eigenvalue weighted by atomic mass is 9.93. The maximum Gasteiger partial charge on any atom is 0.127 e. The molecule has 0 aliphatic carbocycles. The summed E-state index contributed by atoms with van der Waals surface area (Å²) in [5, 5.41) is 9.22. The maximum absolute atomic E-state index is 11.1. The largest absolute Gasteiger partial charge is 0.364 e. The molecule has 2 unspecified atom stereocenters. The second kappa shape index (κ2) is 5.42. The number of rotatable bonds is 5. The average Bonchev–Trinajstić information content (AvgIpc) is 2.60. The van der Waals surface area contributed by atoms with Gasteiger partial charge in [-0.1, -0.05) is 12.1 Å². The van der Waals surface area contributed by atoms with Crippen LogP contribution in [0.4, 0.5) is 0 Å². The molecule has 0 fully saturated rings. The van der Waals surface area contributed by atoms with Gasteiger partial charge < -0.3 is 4.52 Å². The lowest BCUT2D eigenvalue weighted by Crippen LogP contribution is -2.21. The highest BCUT2D eigenvalue weighted by Gasteiger charge is 2.19. The Morgan fingerprint density at radius 2 is 2.33 bits per heavy atom. The SMILES string of the molecule is CC[C@H](CC(C)S(N)=O)c1conc1C. The molecule has 15 heavy (non-hydrogen) atoms. The van der Waals surface area contributed by atoms with Crippen LogP contribution in [0.2, 0.25) is 0 Å². The van der Waals surface area contributed by atoms with Crippen LogP contribution < -0.4 is 5.14 Å². The summed E-state index contributed by atoms with van der Waals surface area (Å²) < 4.78 is 16.0. The Labute approximate surface area is 92.8 Å². The summed E-state index contributed by atoms with van der Waals surface area (Å²) in [5.41, 5.74) is 2.02. The van der Waals surface area contributed by atoms with Crippen molar-refractivity contribution in [2.24, 2.45) is 5.14 Å². The summed E-state index contributed by atoms with van der Waals surface area (Å²) in [6, 6.07) is 0. The van der Waals surface area contributed by atoms with Crippen molar-refractivity contribution in [1.29, 1.82) is 0 Å². The van der Waals surface area contributed by atoms with Crippen LogP contribution in [0, 0.1) is 6.92 Å². The van der Waals surface area contributed by atoms with Gasteiger partial charge in [0, 0.05) is 10.8 Å². The number of nitrogens with zero attached hydrogens (tertiary/aromatic N) is 1. The first kappa shape index (κ1) is 12.4. The Bertz CT molecular complexity index is 338. The van der Waals surface area contributed by atoms with Crippen molar-refractivity contribution < 1.29 is 8.73 Å². The fourth-order valence-corrected chi connectivity index (χ4v) is 2.12. The third-order valence-corrected chi connectivity index (χ3v) is 3.72. The number of nitrogens with two attached hydrogens (primary N) is 1. The van der Waals surface area contributed by atoms with Gasteiger partial charge in [-0.05, 0) is 32.6 Å². The van der Waals surface area contributed by atoms with Crippen molar-refractivity contribution >= 4 is 11.0 Å². The molecule has 0 aromatic carbocycles. The van der Waals surface area contributed by atoms with Crippen LogP contribution in [0.25, 0.3) is 0 Å². The summed E-state index contributed by atoms with van der Waals surface area (Å²) in [5.74, 6) is 0.332. The molecule has 0 saturated carbocycles. The maximum atomic E-state index is 11.1. The molecule has 0 saturated heterocycles. The van der Waals surface area contributed by atoms with Crippen molar-refractivity contribution in [3.8, 4) is 0 Å². The molecule has 1 aromatic rings. The Balaban J connectivity index is 2.73. The first-order chi connectivity index (χ1) is 7.06. The lowest BCUT2D eigenvalue weighted by molar-refractivity contribution is 0.413. The van der Waals surface area contributed by atoms with Crippen molar-refractivity contribution in [2.45, 2.75) is 44.8 Å². The predicted octanol–water partition coefficient (Wildman–Crippen LogP) is 1.88. The van der Waals surface area contributed by atoms with Gasteiger partial charge in [-0.15, -0.1) is 0 Å². The van der Waals surface area contributed by atoms with Crippen LogP contribution in [-0.4, -0.2) is 14.6 Å². The van der Waals surface area contributed by atoms with E-state index in [1.54, 1.807) is 6.26 Å². The van der Waals surface area contributed by atoms with Gasteiger partial charge in [0.2, 0.25) is 0 Å². The summed E-state index contributed by atoms with van der Waals surface area (Å²) in [7, 11) is -1.25. The van der Waals surface area contributed by atoms with Crippen LogP contribution >= 0.6 is 0 Å². The zero-order valence-corrected chi connectivity index (χ0v) is 10.2. The van der Waals surface area contributed by atoms with Gasteiger partial charge in [-0.25, -0.2) is 4.21 Å². The summed E-state index contributed by atoms with van der Waals surface area (Å²) in [6.45, 7) is 5.93. The Hall–Kier alpha value is -0.680. The molecule has 1 aromatic heterocycles. The Kier molecular flexibility index (Phi) is 4.47. The second-order valence-corrected chi connectivity index (χ2v) is 5.30. The molecule has 0 amide bonds. The number of aromatic nitrogens is 1. The van der Waals surface area contributed by atoms with Crippen LogP contribution in [0.1, 0.15) is 43.9 Å². The van der Waals surface area contributed by atoms with Gasteiger partial charge in [-0.2, -0.15) is 0 Å². The molecule has 2 N–H and O–H groups in total. The minimum atomic E-state index is -1.25. The molecular formula is C10H18N2O2S. The highest BCUT2D eigenvalue weighted by molar-refractivity contribution is 7.83. The standard InChI is InChI=1S/C10H18N2O2S/c1-4-9(5-7(2)15(11)13)10-6-14-12-8(10)3/h6-7,9H,4-5,11H2,1-3H3/t7?,9-,15?/m1/s1. The molecule has 86 valence electrons. The van der Waals surface area contributed by atoms with Gasteiger partial charge >= 0.3 is 0 Å². The molecule has 0 aliphatic rings. The molecule has 1 heterocycles. The zero-order valence-electron chi connectivity index (χ0n) is 9.40. The third-order valence-electron chi connectivity index (χ3n) is 2.73. The van der Waals surface area contributed by atoms with E-state index in [4.69, 9.17) is 9.66 Å². The molecule has 1 rings (SSSR count). The first-order valence-corrected chi connectivity index (χ1v) is 6.39. The van der Waals surface area contributed by atoms with Gasteiger partial charge in [0.15, 0.2) is 0 Å². The highest BCUT2D eigenvalue weighted by Crippen LogP contribution is 2.27. The zero-order chi connectivity index (χ0) is 11.4. The molecule has 0 spiro atoms. The van der Waals surface area contributed by atoms with Crippen LogP contribution in [0.5, 0.6) is 0 Å². The fraction of sp³-hybridized carbons (Fsp3) is 0.700. The van der Waals surface area contributed by atoms with Crippen molar-refractivity contribution in [3.63, 3.8) is 0 Å². The van der Waals surface area contributed by atoms with Crippen LogP contribution in [0.15, 0.2) is 10.8 Å². The first-order valence-electron chi connectivity index (χ1n) is 5.12. The van der Waals surface area contributed by atoms with E-state index in [0.29, 0.717) is 5.92 Å². The smallest absolute Gasteiger partial charge is 0.127 e. The Morgan fingerprint density at radius 3 is 2.73 bits per heavy atom. The van der Waals surface area contributed by atoms with Crippen molar-refractivity contribution in [2.75, 3.05) is 0 Å². The van der Waals surface area contributed by atoms with E-state index >= 15 is 0 Å². The van der Waals surface area contributed by atoms with E-state index in [-0.39, 0.29) is 5.25 Å². The van der Waals surface area contributed by atoms with E-state index in [2.05, 4.69) is 12.1 Å². The molecular weight excluding hydrogens is 212 g/mol. The molecule has 5 heteroatoms. The highest BCUT2D eigenvalue weighted by atomic mass is 32.2. The predicted molar refractivity (Wildman–Crippen MR) is 60.7 cm³/mol. The summed E-state index contributed by atoms with van der Waals surface area (Å²) in [4.78, 5) is 0. The summed E-state index contributed by atoms with van der Waals surface area (Å²) >= 11 is 0. The molecule has 0 bridgehead atoms. The van der Waals surface area contributed by atoms with E-state index in [9.17, 15) is 4.21 Å². The van der Waals surface area contributed by atoms with Crippen molar-refractivity contribution in [1.82, 2.24) is 5.16 Å². The van der Waals surface area contributed by atoms with Gasteiger partial charge in [0.05, 0.1) is 16.7 Å². The second-order valence-electron chi connectivity index (χ2n) is 3.84. The molecule has 3 atom stereocenters. The van der Waals surface area contributed by atoms with E-state index in [1.807, 2.05) is 13.8 Å². The third kappa shape index (κ3) is 3.14. The number of hydrogen-bond acceptors (Lipinski definition) is 3. The van der Waals surface area contributed by atoms with Gasteiger partial charge in [-0.3, -0.25) is 5.14 Å². The van der Waals surface area contributed by atoms with E-state index in [1.165, 1.54) is 0 Å². The van der Waals surface area contributed by atoms with Crippen molar-refractivity contribution in [3.05, 3.63) is 17.5 Å². The fourth-order valence-electron chi connectivity index (χ4n) is 1.70. The monoisotopic (exact) mass is 230 g/mol. The van der Waals surface area contributed by atoms with E-state index < -0.39 is 11.0 Å². The minimum Gasteiger partial charge on any atom is -0.364 e. The van der Waals surface area contributed by atoms with Crippen LogP contribution in [0.3, 0.4) is 0 Å². The van der Waals surface area contributed by atoms with Gasteiger partial charge in [0.1, 0.15) is 6.26 Å². The normalized spacial score (nSPS) is 17.3. The van der Waals surface area contributed by atoms with Gasteiger partial charge in [0.25, 0.3) is 0 Å². The number of hydrogen-bond donors (Lipinski definition) is 1. The topological polar surface area (TPSA) is 69.1 Å².